The molecular formula is C20H14FN3O2. The van der Waals surface area contributed by atoms with E-state index >= 15 is 0 Å². The SMILES string of the molecule is Cc1ccc2nc(-c3cccnc3NC(=O)c3ccc(F)cc3)oc2c1. The van der Waals surface area contributed by atoms with Gasteiger partial charge in [-0.1, -0.05) is 6.07 Å². The Morgan fingerprint density at radius 1 is 1.12 bits per heavy atom. The van der Waals surface area contributed by atoms with Gasteiger partial charge in [-0.05, 0) is 61.0 Å². The molecule has 4 aromatic rings. The Labute approximate surface area is 148 Å². The molecule has 2 heterocycles. The number of oxazole rings is 1. The zero-order chi connectivity index (χ0) is 18.1. The first-order valence-corrected chi connectivity index (χ1v) is 8.00. The monoisotopic (exact) mass is 347 g/mol. The molecular weight excluding hydrogens is 333 g/mol. The van der Waals surface area contributed by atoms with E-state index in [4.69, 9.17) is 4.42 Å². The van der Waals surface area contributed by atoms with Crippen LogP contribution in [0.15, 0.2) is 65.2 Å². The number of halogens is 1. The van der Waals surface area contributed by atoms with E-state index in [-0.39, 0.29) is 0 Å². The number of benzene rings is 2. The van der Waals surface area contributed by atoms with Crippen LogP contribution >= 0.6 is 0 Å². The summed E-state index contributed by atoms with van der Waals surface area (Å²) in [7, 11) is 0. The topological polar surface area (TPSA) is 68.0 Å². The number of aryl methyl sites for hydroxylation is 1. The van der Waals surface area contributed by atoms with Crippen LogP contribution in [0.3, 0.4) is 0 Å². The molecule has 1 amide bonds. The fraction of sp³-hybridized carbons (Fsp3) is 0.0500. The quantitative estimate of drug-likeness (QED) is 0.588. The summed E-state index contributed by atoms with van der Waals surface area (Å²) in [4.78, 5) is 21.1. The molecule has 26 heavy (non-hydrogen) atoms. The predicted octanol–water partition coefficient (Wildman–Crippen LogP) is 4.59. The van der Waals surface area contributed by atoms with E-state index in [0.29, 0.717) is 28.4 Å². The van der Waals surface area contributed by atoms with Crippen LogP contribution in [-0.4, -0.2) is 15.9 Å². The highest BCUT2D eigenvalue weighted by molar-refractivity contribution is 6.05. The van der Waals surface area contributed by atoms with Gasteiger partial charge in [-0.3, -0.25) is 4.79 Å². The maximum atomic E-state index is 13.0. The van der Waals surface area contributed by atoms with Gasteiger partial charge in [0.05, 0.1) is 5.56 Å². The zero-order valence-corrected chi connectivity index (χ0v) is 13.9. The summed E-state index contributed by atoms with van der Waals surface area (Å²) in [5, 5.41) is 2.73. The molecule has 1 N–H and O–H groups in total. The van der Waals surface area contributed by atoms with E-state index in [9.17, 15) is 9.18 Å². The van der Waals surface area contributed by atoms with Crippen molar-refractivity contribution in [2.75, 3.05) is 5.32 Å². The summed E-state index contributed by atoms with van der Waals surface area (Å²) >= 11 is 0. The average molecular weight is 347 g/mol. The lowest BCUT2D eigenvalue weighted by atomic mass is 10.2. The van der Waals surface area contributed by atoms with Crippen LogP contribution in [0.2, 0.25) is 0 Å². The lowest BCUT2D eigenvalue weighted by molar-refractivity contribution is 0.102. The Kier molecular flexibility index (Phi) is 3.93. The van der Waals surface area contributed by atoms with Gasteiger partial charge in [0.25, 0.3) is 5.91 Å². The van der Waals surface area contributed by atoms with E-state index in [1.165, 1.54) is 24.3 Å². The smallest absolute Gasteiger partial charge is 0.256 e. The van der Waals surface area contributed by atoms with Crippen molar-refractivity contribution in [2.24, 2.45) is 0 Å². The number of nitrogens with one attached hydrogen (secondary N) is 1. The Bertz CT molecular complexity index is 1100. The lowest BCUT2D eigenvalue weighted by Gasteiger charge is -2.07. The second kappa shape index (κ2) is 6.40. The Hall–Kier alpha value is -3.54. The first kappa shape index (κ1) is 16.0. The second-order valence-electron chi connectivity index (χ2n) is 5.85. The molecule has 0 aliphatic rings. The molecule has 0 radical (unpaired) electrons. The molecule has 0 fully saturated rings. The summed E-state index contributed by atoms with van der Waals surface area (Å²) in [6, 6.07) is 14.5. The minimum atomic E-state index is -0.401. The van der Waals surface area contributed by atoms with Crippen molar-refractivity contribution in [3.63, 3.8) is 0 Å². The summed E-state index contributed by atoms with van der Waals surface area (Å²) in [6.07, 6.45) is 1.57. The molecule has 2 aromatic carbocycles. The van der Waals surface area contributed by atoms with Gasteiger partial charge < -0.3 is 9.73 Å². The highest BCUT2D eigenvalue weighted by Gasteiger charge is 2.16. The van der Waals surface area contributed by atoms with E-state index in [0.717, 1.165) is 11.1 Å². The highest BCUT2D eigenvalue weighted by Crippen LogP contribution is 2.29. The maximum Gasteiger partial charge on any atom is 0.256 e. The highest BCUT2D eigenvalue weighted by atomic mass is 19.1. The summed E-state index contributed by atoms with van der Waals surface area (Å²) in [6.45, 7) is 1.97. The van der Waals surface area contributed by atoms with Gasteiger partial charge >= 0.3 is 0 Å². The zero-order valence-electron chi connectivity index (χ0n) is 13.9. The van der Waals surface area contributed by atoms with Gasteiger partial charge in [-0.15, -0.1) is 0 Å². The normalized spacial score (nSPS) is 10.8. The van der Waals surface area contributed by atoms with Crippen LogP contribution in [-0.2, 0) is 0 Å². The number of rotatable bonds is 3. The number of amides is 1. The minimum Gasteiger partial charge on any atom is -0.436 e. The summed E-state index contributed by atoms with van der Waals surface area (Å²) in [5.41, 5.74) is 3.36. The van der Waals surface area contributed by atoms with Crippen LogP contribution in [0.4, 0.5) is 10.2 Å². The average Bonchev–Trinajstić information content (AvgIpc) is 3.05. The van der Waals surface area contributed by atoms with Crippen molar-refractivity contribution in [3.8, 4) is 11.5 Å². The maximum absolute atomic E-state index is 13.0. The van der Waals surface area contributed by atoms with Gasteiger partial charge in [0, 0.05) is 11.8 Å². The molecule has 5 nitrogen and oxygen atoms in total. The molecule has 2 aromatic heterocycles. The molecule has 6 heteroatoms. The fourth-order valence-corrected chi connectivity index (χ4v) is 2.61. The fourth-order valence-electron chi connectivity index (χ4n) is 2.61. The van der Waals surface area contributed by atoms with Crippen molar-refractivity contribution >= 4 is 22.8 Å². The van der Waals surface area contributed by atoms with Gasteiger partial charge in [-0.25, -0.2) is 14.4 Å². The molecule has 0 aliphatic heterocycles. The van der Waals surface area contributed by atoms with Crippen molar-refractivity contribution in [1.29, 1.82) is 0 Å². The predicted molar refractivity (Wildman–Crippen MR) is 96.3 cm³/mol. The molecule has 0 unspecified atom stereocenters. The van der Waals surface area contributed by atoms with Crippen LogP contribution in [0.5, 0.6) is 0 Å². The minimum absolute atomic E-state index is 0.324. The number of nitrogens with zero attached hydrogens (tertiary/aromatic N) is 2. The molecule has 128 valence electrons. The number of pyridine rings is 1. The van der Waals surface area contributed by atoms with E-state index in [1.54, 1.807) is 18.3 Å². The second-order valence-corrected chi connectivity index (χ2v) is 5.85. The molecule has 0 saturated heterocycles. The Balaban J connectivity index is 1.69. The molecule has 0 spiro atoms. The largest absolute Gasteiger partial charge is 0.436 e. The first-order valence-electron chi connectivity index (χ1n) is 8.00. The molecule has 0 atom stereocenters. The van der Waals surface area contributed by atoms with Crippen LogP contribution < -0.4 is 5.32 Å². The molecule has 0 saturated carbocycles. The number of hydrogen-bond acceptors (Lipinski definition) is 4. The van der Waals surface area contributed by atoms with Crippen LogP contribution in [0, 0.1) is 12.7 Å². The van der Waals surface area contributed by atoms with Gasteiger partial charge in [-0.2, -0.15) is 0 Å². The molecule has 4 rings (SSSR count). The van der Waals surface area contributed by atoms with Crippen molar-refractivity contribution in [3.05, 3.63) is 77.7 Å². The van der Waals surface area contributed by atoms with Crippen molar-refractivity contribution < 1.29 is 13.6 Å². The molecule has 0 bridgehead atoms. The standard InChI is InChI=1S/C20H14FN3O2/c1-12-4-9-16-17(11-12)26-20(23-16)15-3-2-10-22-18(15)24-19(25)13-5-7-14(21)8-6-13/h2-11H,1H3,(H,22,24,25). The van der Waals surface area contributed by atoms with Crippen molar-refractivity contribution in [1.82, 2.24) is 9.97 Å². The molecule has 0 aliphatic carbocycles. The first-order chi connectivity index (χ1) is 12.6. The van der Waals surface area contributed by atoms with Gasteiger partial charge in [0.1, 0.15) is 17.2 Å². The van der Waals surface area contributed by atoms with E-state index in [2.05, 4.69) is 15.3 Å². The van der Waals surface area contributed by atoms with E-state index in [1.807, 2.05) is 25.1 Å². The van der Waals surface area contributed by atoms with Crippen LogP contribution in [0.25, 0.3) is 22.6 Å². The van der Waals surface area contributed by atoms with Gasteiger partial charge in [0.15, 0.2) is 5.58 Å². The number of aromatic nitrogens is 2. The van der Waals surface area contributed by atoms with Crippen LogP contribution in [0.1, 0.15) is 15.9 Å². The lowest BCUT2D eigenvalue weighted by Crippen LogP contribution is -2.13. The van der Waals surface area contributed by atoms with Gasteiger partial charge in [0.2, 0.25) is 5.89 Å². The number of anilines is 1. The third-order valence-electron chi connectivity index (χ3n) is 3.92. The summed E-state index contributed by atoms with van der Waals surface area (Å²) in [5.74, 6) is -0.100. The van der Waals surface area contributed by atoms with Crippen molar-refractivity contribution in [2.45, 2.75) is 6.92 Å². The Morgan fingerprint density at radius 2 is 1.92 bits per heavy atom. The Morgan fingerprint density at radius 3 is 2.73 bits per heavy atom. The third kappa shape index (κ3) is 3.04. The summed E-state index contributed by atoms with van der Waals surface area (Å²) < 4.78 is 18.9. The third-order valence-corrected chi connectivity index (χ3v) is 3.92. The number of hydrogen-bond donors (Lipinski definition) is 1. The number of carbonyl (C=O) groups is 1. The number of fused-ring (bicyclic) bond motifs is 1. The van der Waals surface area contributed by atoms with E-state index < -0.39 is 11.7 Å². The number of carbonyl (C=O) groups excluding carboxylic acids is 1.